The van der Waals surface area contributed by atoms with Crippen molar-refractivity contribution in [3.8, 4) is 0 Å². The summed E-state index contributed by atoms with van der Waals surface area (Å²) in [6, 6.07) is 15.1. The lowest BCUT2D eigenvalue weighted by molar-refractivity contribution is 0.185. The van der Waals surface area contributed by atoms with E-state index in [1.54, 1.807) is 19.2 Å². The maximum Gasteiger partial charge on any atom is 0.123 e. The van der Waals surface area contributed by atoms with Gasteiger partial charge < -0.3 is 10.1 Å². The molecule has 3 heteroatoms. The summed E-state index contributed by atoms with van der Waals surface area (Å²) >= 11 is 0. The minimum Gasteiger partial charge on any atom is -0.380 e. The van der Waals surface area contributed by atoms with Crippen molar-refractivity contribution < 1.29 is 9.13 Å². The Hall–Kier alpha value is -1.71. The first-order valence-electron chi connectivity index (χ1n) is 6.74. The lowest BCUT2D eigenvalue weighted by Crippen LogP contribution is -2.18. The highest BCUT2D eigenvalue weighted by atomic mass is 19.1. The van der Waals surface area contributed by atoms with Gasteiger partial charge in [-0.05, 0) is 35.7 Å². The third kappa shape index (κ3) is 4.15. The summed E-state index contributed by atoms with van der Waals surface area (Å²) in [5.74, 6) is -0.196. The lowest BCUT2D eigenvalue weighted by Gasteiger charge is -2.15. The Morgan fingerprint density at radius 1 is 1.10 bits per heavy atom. The van der Waals surface area contributed by atoms with E-state index in [0.717, 1.165) is 17.7 Å². The summed E-state index contributed by atoms with van der Waals surface area (Å²) in [6.45, 7) is 3.40. The van der Waals surface area contributed by atoms with Gasteiger partial charge in [0.2, 0.25) is 0 Å². The van der Waals surface area contributed by atoms with E-state index in [2.05, 4.69) is 17.4 Å². The molecule has 0 aromatic heterocycles. The Morgan fingerprint density at radius 2 is 1.85 bits per heavy atom. The molecule has 20 heavy (non-hydrogen) atoms. The van der Waals surface area contributed by atoms with Crippen molar-refractivity contribution in [3.63, 3.8) is 0 Å². The fourth-order valence-corrected chi connectivity index (χ4v) is 2.16. The molecule has 0 radical (unpaired) electrons. The average Bonchev–Trinajstić information content (AvgIpc) is 2.45. The molecule has 0 aliphatic carbocycles. The van der Waals surface area contributed by atoms with E-state index in [4.69, 9.17) is 4.74 Å². The molecule has 0 amide bonds. The predicted octanol–water partition coefficient (Wildman–Crippen LogP) is 3.82. The van der Waals surface area contributed by atoms with Crippen molar-refractivity contribution in [1.82, 2.24) is 5.32 Å². The predicted molar refractivity (Wildman–Crippen MR) is 78.8 cm³/mol. The number of hydrogen-bond donors (Lipinski definition) is 1. The van der Waals surface area contributed by atoms with Gasteiger partial charge in [-0.1, -0.05) is 36.4 Å². The molecule has 2 rings (SSSR count). The van der Waals surface area contributed by atoms with Gasteiger partial charge >= 0.3 is 0 Å². The summed E-state index contributed by atoms with van der Waals surface area (Å²) < 4.78 is 18.3. The van der Waals surface area contributed by atoms with Crippen molar-refractivity contribution in [3.05, 3.63) is 71.0 Å². The van der Waals surface area contributed by atoms with Gasteiger partial charge in [0, 0.05) is 19.7 Å². The monoisotopic (exact) mass is 273 g/mol. The van der Waals surface area contributed by atoms with Crippen LogP contribution >= 0.6 is 0 Å². The zero-order valence-corrected chi connectivity index (χ0v) is 11.9. The first kappa shape index (κ1) is 14.7. The number of nitrogens with one attached hydrogen (secondary N) is 1. The second-order valence-corrected chi connectivity index (χ2v) is 4.91. The van der Waals surface area contributed by atoms with Crippen LogP contribution in [-0.2, 0) is 17.9 Å². The smallest absolute Gasteiger partial charge is 0.123 e. The molecular formula is C17H20FNO. The van der Waals surface area contributed by atoms with Crippen LogP contribution in [0.2, 0.25) is 0 Å². The van der Waals surface area contributed by atoms with E-state index in [1.807, 2.05) is 25.1 Å². The van der Waals surface area contributed by atoms with Crippen molar-refractivity contribution >= 4 is 0 Å². The van der Waals surface area contributed by atoms with E-state index in [9.17, 15) is 4.39 Å². The van der Waals surface area contributed by atoms with E-state index in [1.165, 1.54) is 11.6 Å². The van der Waals surface area contributed by atoms with Crippen LogP contribution in [0.1, 0.15) is 29.7 Å². The van der Waals surface area contributed by atoms with Crippen LogP contribution in [0, 0.1) is 5.82 Å². The molecule has 0 spiro atoms. The number of methoxy groups -OCH3 is 1. The second kappa shape index (κ2) is 7.17. The Bertz CT molecular complexity index is 556. The van der Waals surface area contributed by atoms with Gasteiger partial charge in [-0.2, -0.15) is 0 Å². The van der Waals surface area contributed by atoms with E-state index >= 15 is 0 Å². The van der Waals surface area contributed by atoms with E-state index < -0.39 is 0 Å². The largest absolute Gasteiger partial charge is 0.380 e. The maximum absolute atomic E-state index is 13.2. The van der Waals surface area contributed by atoms with Crippen LogP contribution in [-0.4, -0.2) is 7.11 Å². The summed E-state index contributed by atoms with van der Waals surface area (Å²) in [5, 5.41) is 3.40. The first-order chi connectivity index (χ1) is 9.69. The molecule has 0 fully saturated rings. The van der Waals surface area contributed by atoms with Gasteiger partial charge in [-0.25, -0.2) is 4.39 Å². The molecule has 2 aromatic rings. The van der Waals surface area contributed by atoms with Crippen LogP contribution in [0.15, 0.2) is 48.5 Å². The molecule has 0 bridgehead atoms. The molecule has 2 nitrogen and oxygen atoms in total. The molecule has 0 aliphatic heterocycles. The van der Waals surface area contributed by atoms with Crippen LogP contribution in [0.4, 0.5) is 4.39 Å². The zero-order chi connectivity index (χ0) is 14.4. The minimum absolute atomic E-state index is 0.108. The zero-order valence-electron chi connectivity index (χ0n) is 11.9. The summed E-state index contributed by atoms with van der Waals surface area (Å²) in [4.78, 5) is 0. The number of benzene rings is 2. The van der Waals surface area contributed by atoms with Gasteiger partial charge in [-0.3, -0.25) is 0 Å². The van der Waals surface area contributed by atoms with Crippen LogP contribution < -0.4 is 5.32 Å². The number of rotatable bonds is 6. The SMILES string of the molecule is COCc1cccc(CNC(C)c2cccc(F)c2)c1. The van der Waals surface area contributed by atoms with Crippen molar-refractivity contribution in [2.24, 2.45) is 0 Å². The van der Waals surface area contributed by atoms with Crippen molar-refractivity contribution in [2.45, 2.75) is 26.1 Å². The van der Waals surface area contributed by atoms with Crippen molar-refractivity contribution in [2.75, 3.05) is 7.11 Å². The Kier molecular flexibility index (Phi) is 5.27. The normalized spacial score (nSPS) is 12.3. The van der Waals surface area contributed by atoms with E-state index in [0.29, 0.717) is 6.61 Å². The fourth-order valence-electron chi connectivity index (χ4n) is 2.16. The van der Waals surface area contributed by atoms with Crippen LogP contribution in [0.25, 0.3) is 0 Å². The van der Waals surface area contributed by atoms with Gasteiger partial charge in [0.15, 0.2) is 0 Å². The van der Waals surface area contributed by atoms with Gasteiger partial charge in [-0.15, -0.1) is 0 Å². The fraction of sp³-hybridized carbons (Fsp3) is 0.294. The third-order valence-electron chi connectivity index (χ3n) is 3.26. The maximum atomic E-state index is 13.2. The Morgan fingerprint density at radius 3 is 2.60 bits per heavy atom. The summed E-state index contributed by atoms with van der Waals surface area (Å²) in [6.07, 6.45) is 0. The molecule has 1 unspecified atom stereocenters. The Balaban J connectivity index is 1.96. The van der Waals surface area contributed by atoms with Gasteiger partial charge in [0.25, 0.3) is 0 Å². The van der Waals surface area contributed by atoms with Gasteiger partial charge in [0.05, 0.1) is 6.61 Å². The third-order valence-corrected chi connectivity index (χ3v) is 3.26. The minimum atomic E-state index is -0.196. The molecule has 2 aromatic carbocycles. The molecule has 106 valence electrons. The highest BCUT2D eigenvalue weighted by Crippen LogP contribution is 2.14. The number of ether oxygens (including phenoxy) is 1. The lowest BCUT2D eigenvalue weighted by atomic mass is 10.1. The standard InChI is InChI=1S/C17H20FNO/c1-13(16-7-4-8-17(18)10-16)19-11-14-5-3-6-15(9-14)12-20-2/h3-10,13,19H,11-12H2,1-2H3. The van der Waals surface area contributed by atoms with E-state index in [-0.39, 0.29) is 11.9 Å². The quantitative estimate of drug-likeness (QED) is 0.864. The molecule has 0 heterocycles. The topological polar surface area (TPSA) is 21.3 Å². The molecule has 1 N–H and O–H groups in total. The summed E-state index contributed by atoms with van der Waals surface area (Å²) in [7, 11) is 1.69. The van der Waals surface area contributed by atoms with Crippen LogP contribution in [0.5, 0.6) is 0 Å². The second-order valence-electron chi connectivity index (χ2n) is 4.91. The van der Waals surface area contributed by atoms with Crippen molar-refractivity contribution in [1.29, 1.82) is 0 Å². The summed E-state index contributed by atoms with van der Waals surface area (Å²) in [5.41, 5.74) is 3.31. The molecule has 0 aliphatic rings. The Labute approximate surface area is 119 Å². The van der Waals surface area contributed by atoms with Crippen LogP contribution in [0.3, 0.4) is 0 Å². The molecular weight excluding hydrogens is 253 g/mol. The number of halogens is 1. The first-order valence-corrected chi connectivity index (χ1v) is 6.74. The molecule has 0 saturated heterocycles. The highest BCUT2D eigenvalue weighted by Gasteiger charge is 2.06. The highest BCUT2D eigenvalue weighted by molar-refractivity contribution is 5.24. The molecule has 1 atom stereocenters. The number of hydrogen-bond acceptors (Lipinski definition) is 2. The average molecular weight is 273 g/mol. The van der Waals surface area contributed by atoms with Gasteiger partial charge in [0.1, 0.15) is 5.82 Å². The molecule has 0 saturated carbocycles.